The Balaban J connectivity index is 1.83. The van der Waals surface area contributed by atoms with Gasteiger partial charge in [0.05, 0.1) is 22.7 Å². The summed E-state index contributed by atoms with van der Waals surface area (Å²) < 4.78 is 41.4. The van der Waals surface area contributed by atoms with Gasteiger partial charge in [0.15, 0.2) is 5.82 Å². The summed E-state index contributed by atoms with van der Waals surface area (Å²) in [6.45, 7) is -1.52. The average Bonchev–Trinajstić information content (AvgIpc) is 3.02. The minimum Gasteiger partial charge on any atom is -0.390 e. The number of para-hydroxylation sites is 2. The molecule has 0 bridgehead atoms. The fraction of sp³-hybridized carbons (Fsp3) is 0.167. The van der Waals surface area contributed by atoms with Crippen molar-refractivity contribution in [2.75, 3.05) is 0 Å². The van der Waals surface area contributed by atoms with Gasteiger partial charge in [-0.2, -0.15) is 14.0 Å². The Bertz CT molecular complexity index is 1020. The van der Waals surface area contributed by atoms with Crippen LogP contribution in [0.25, 0.3) is 11.0 Å². The molecular formula is C18H13F3N4O. The molecule has 0 fully saturated rings. The molecule has 0 aliphatic rings. The molecule has 0 aliphatic heterocycles. The molecule has 2 aromatic carbocycles. The Hall–Kier alpha value is -3.34. The summed E-state index contributed by atoms with van der Waals surface area (Å²) in [7, 11) is 0. The molecule has 0 amide bonds. The van der Waals surface area contributed by atoms with Crippen LogP contribution in [0.15, 0.2) is 47.6 Å². The number of alkyl halides is 2. The molecule has 3 rings (SSSR count). The Morgan fingerprint density at radius 2 is 2.08 bits per heavy atom. The highest BCUT2D eigenvalue weighted by Crippen LogP contribution is 2.23. The number of nitriles is 1. The lowest BCUT2D eigenvalue weighted by Gasteiger charge is -2.07. The van der Waals surface area contributed by atoms with Crippen LogP contribution in [0, 0.1) is 17.1 Å². The first-order valence-electron chi connectivity index (χ1n) is 7.62. The Morgan fingerprint density at radius 3 is 2.77 bits per heavy atom. The lowest BCUT2D eigenvalue weighted by molar-refractivity contribution is 0.0736. The first kappa shape index (κ1) is 17.5. The summed E-state index contributed by atoms with van der Waals surface area (Å²) in [5.74, 6) is -0.627. The van der Waals surface area contributed by atoms with Gasteiger partial charge in [-0.15, -0.1) is 0 Å². The quantitative estimate of drug-likeness (QED) is 0.502. The van der Waals surface area contributed by atoms with Crippen molar-refractivity contribution in [3.63, 3.8) is 0 Å². The minimum absolute atomic E-state index is 0.0264. The maximum absolute atomic E-state index is 13.8. The zero-order valence-corrected chi connectivity index (χ0v) is 13.7. The van der Waals surface area contributed by atoms with Crippen molar-refractivity contribution in [1.29, 1.82) is 5.26 Å². The standard InChI is InChI=1S/C18H13F3N4O/c1-11(24-26-10-13-7-6-12(9-22)8-14(13)19)17-23-15-4-2-3-5-16(15)25(17)18(20)21/h2-8,18H,10H2,1H3. The van der Waals surface area contributed by atoms with Crippen LogP contribution in [0.3, 0.4) is 0 Å². The average molecular weight is 358 g/mol. The second-order valence-electron chi connectivity index (χ2n) is 5.44. The number of oxime groups is 1. The molecule has 0 aliphatic carbocycles. The molecule has 132 valence electrons. The fourth-order valence-corrected chi connectivity index (χ4v) is 2.47. The van der Waals surface area contributed by atoms with E-state index in [1.807, 2.05) is 6.07 Å². The number of rotatable bonds is 5. The predicted molar refractivity (Wildman–Crippen MR) is 89.1 cm³/mol. The van der Waals surface area contributed by atoms with Gasteiger partial charge in [0, 0.05) is 5.56 Å². The van der Waals surface area contributed by atoms with E-state index in [-0.39, 0.29) is 34.8 Å². The van der Waals surface area contributed by atoms with E-state index in [1.54, 1.807) is 18.2 Å². The van der Waals surface area contributed by atoms with Crippen molar-refractivity contribution in [2.24, 2.45) is 5.16 Å². The number of hydrogen-bond donors (Lipinski definition) is 0. The van der Waals surface area contributed by atoms with Crippen LogP contribution in [-0.2, 0) is 11.4 Å². The fourth-order valence-electron chi connectivity index (χ4n) is 2.47. The SMILES string of the molecule is CC(=NOCc1ccc(C#N)cc1F)c1nc2ccccc2n1C(F)F. The van der Waals surface area contributed by atoms with Gasteiger partial charge in [-0.05, 0) is 31.2 Å². The van der Waals surface area contributed by atoms with Crippen LogP contribution in [0.4, 0.5) is 13.2 Å². The minimum atomic E-state index is -2.79. The van der Waals surface area contributed by atoms with Crippen LogP contribution in [0.5, 0.6) is 0 Å². The number of nitrogens with zero attached hydrogens (tertiary/aromatic N) is 4. The van der Waals surface area contributed by atoms with Crippen molar-refractivity contribution in [2.45, 2.75) is 20.1 Å². The second kappa shape index (κ2) is 7.27. The molecule has 5 nitrogen and oxygen atoms in total. The highest BCUT2D eigenvalue weighted by Gasteiger charge is 2.19. The van der Waals surface area contributed by atoms with Crippen LogP contribution in [-0.4, -0.2) is 15.3 Å². The molecule has 1 aromatic heterocycles. The summed E-state index contributed by atoms with van der Waals surface area (Å²) in [6.07, 6.45) is 0. The Labute approximate surface area is 146 Å². The van der Waals surface area contributed by atoms with Crippen molar-refractivity contribution >= 4 is 16.7 Å². The summed E-state index contributed by atoms with van der Waals surface area (Å²) in [5, 5.41) is 12.5. The lowest BCUT2D eigenvalue weighted by Crippen LogP contribution is -2.10. The third kappa shape index (κ3) is 3.37. The maximum Gasteiger partial charge on any atom is 0.320 e. The van der Waals surface area contributed by atoms with Gasteiger partial charge in [-0.3, -0.25) is 4.57 Å². The van der Waals surface area contributed by atoms with Crippen molar-refractivity contribution in [3.8, 4) is 6.07 Å². The predicted octanol–water partition coefficient (Wildman–Crippen LogP) is 4.38. The van der Waals surface area contributed by atoms with Crippen molar-refractivity contribution < 1.29 is 18.0 Å². The normalized spacial score (nSPS) is 11.8. The van der Waals surface area contributed by atoms with Gasteiger partial charge in [0.25, 0.3) is 0 Å². The lowest BCUT2D eigenvalue weighted by atomic mass is 10.1. The van der Waals surface area contributed by atoms with E-state index >= 15 is 0 Å². The smallest absolute Gasteiger partial charge is 0.320 e. The van der Waals surface area contributed by atoms with Crippen molar-refractivity contribution in [1.82, 2.24) is 9.55 Å². The van der Waals surface area contributed by atoms with Crippen molar-refractivity contribution in [3.05, 3.63) is 65.2 Å². The molecule has 3 aromatic rings. The molecule has 0 saturated heterocycles. The van der Waals surface area contributed by atoms with E-state index < -0.39 is 12.4 Å². The molecule has 0 radical (unpaired) electrons. The van der Waals surface area contributed by atoms with Crippen LogP contribution in [0.2, 0.25) is 0 Å². The summed E-state index contributed by atoms with van der Waals surface area (Å²) in [4.78, 5) is 9.25. The van der Waals surface area contributed by atoms with Gasteiger partial charge in [0.1, 0.15) is 18.1 Å². The molecule has 0 atom stereocenters. The van der Waals surface area contributed by atoms with E-state index in [0.717, 1.165) is 10.6 Å². The first-order chi connectivity index (χ1) is 12.5. The number of fused-ring (bicyclic) bond motifs is 1. The number of imidazole rings is 1. The van der Waals surface area contributed by atoms with E-state index in [1.165, 1.54) is 25.1 Å². The first-order valence-corrected chi connectivity index (χ1v) is 7.62. The molecule has 0 N–H and O–H groups in total. The van der Waals surface area contributed by atoms with E-state index in [4.69, 9.17) is 10.1 Å². The zero-order chi connectivity index (χ0) is 18.7. The van der Waals surface area contributed by atoms with Crippen LogP contribution in [0.1, 0.15) is 30.4 Å². The molecule has 1 heterocycles. The molecule has 8 heteroatoms. The summed E-state index contributed by atoms with van der Waals surface area (Å²) in [5.41, 5.74) is 1.22. The molecule has 0 saturated carbocycles. The Morgan fingerprint density at radius 1 is 1.31 bits per heavy atom. The van der Waals surface area contributed by atoms with Crippen LogP contribution < -0.4 is 0 Å². The molecule has 26 heavy (non-hydrogen) atoms. The Kier molecular flexibility index (Phi) is 4.89. The topological polar surface area (TPSA) is 63.2 Å². The summed E-state index contributed by atoms with van der Waals surface area (Å²) >= 11 is 0. The van der Waals surface area contributed by atoms with Gasteiger partial charge in [-0.1, -0.05) is 23.4 Å². The van der Waals surface area contributed by atoms with Gasteiger partial charge in [-0.25, -0.2) is 9.37 Å². The number of hydrogen-bond acceptors (Lipinski definition) is 4. The molecule has 0 spiro atoms. The highest BCUT2D eigenvalue weighted by molar-refractivity contribution is 5.98. The number of benzene rings is 2. The van der Waals surface area contributed by atoms with E-state index in [9.17, 15) is 13.2 Å². The monoisotopic (exact) mass is 358 g/mol. The molecular weight excluding hydrogens is 345 g/mol. The van der Waals surface area contributed by atoms with Gasteiger partial charge >= 0.3 is 6.55 Å². The second-order valence-corrected chi connectivity index (χ2v) is 5.44. The largest absolute Gasteiger partial charge is 0.390 e. The van der Waals surface area contributed by atoms with Crippen LogP contribution >= 0.6 is 0 Å². The van der Waals surface area contributed by atoms with E-state index in [2.05, 4.69) is 10.1 Å². The van der Waals surface area contributed by atoms with E-state index in [0.29, 0.717) is 5.52 Å². The maximum atomic E-state index is 13.8. The molecule has 0 unspecified atom stereocenters. The number of halogens is 3. The third-order valence-corrected chi connectivity index (χ3v) is 3.72. The summed E-state index contributed by atoms with van der Waals surface area (Å²) in [6, 6.07) is 12.3. The third-order valence-electron chi connectivity index (χ3n) is 3.72. The number of aromatic nitrogens is 2. The van der Waals surface area contributed by atoms with Gasteiger partial charge < -0.3 is 4.84 Å². The zero-order valence-electron chi connectivity index (χ0n) is 13.7. The highest BCUT2D eigenvalue weighted by atomic mass is 19.3. The van der Waals surface area contributed by atoms with Gasteiger partial charge in [0.2, 0.25) is 0 Å².